The first-order chi connectivity index (χ1) is 8.13. The van der Waals surface area contributed by atoms with Gasteiger partial charge in [0.25, 0.3) is 5.91 Å². The average Bonchev–Trinajstić information content (AvgIpc) is 2.82. The Labute approximate surface area is 101 Å². The SMILES string of the molecule is CCN(CC(=O)OC)C(=O)c1cccn1CC. The Balaban J connectivity index is 2.82. The molecule has 5 nitrogen and oxygen atoms in total. The van der Waals surface area contributed by atoms with Crippen LogP contribution in [0.25, 0.3) is 0 Å². The Morgan fingerprint density at radius 1 is 1.41 bits per heavy atom. The van der Waals surface area contributed by atoms with Crippen molar-refractivity contribution in [3.63, 3.8) is 0 Å². The summed E-state index contributed by atoms with van der Waals surface area (Å²) in [6.07, 6.45) is 1.85. The van der Waals surface area contributed by atoms with Crippen molar-refractivity contribution in [1.82, 2.24) is 9.47 Å². The minimum absolute atomic E-state index is 0.0132. The van der Waals surface area contributed by atoms with E-state index in [-0.39, 0.29) is 12.5 Å². The highest BCUT2D eigenvalue weighted by atomic mass is 16.5. The van der Waals surface area contributed by atoms with Crippen LogP contribution in [0.4, 0.5) is 0 Å². The van der Waals surface area contributed by atoms with Gasteiger partial charge in [0.1, 0.15) is 12.2 Å². The van der Waals surface area contributed by atoms with Crippen molar-refractivity contribution in [2.24, 2.45) is 0 Å². The van der Waals surface area contributed by atoms with Crippen LogP contribution < -0.4 is 0 Å². The van der Waals surface area contributed by atoms with Crippen molar-refractivity contribution in [1.29, 1.82) is 0 Å². The van der Waals surface area contributed by atoms with Gasteiger partial charge in [-0.05, 0) is 26.0 Å². The molecule has 0 aliphatic carbocycles. The number of hydrogen-bond acceptors (Lipinski definition) is 3. The third-order valence-corrected chi connectivity index (χ3v) is 2.61. The molecule has 0 radical (unpaired) electrons. The van der Waals surface area contributed by atoms with E-state index in [9.17, 15) is 9.59 Å². The molecule has 0 bridgehead atoms. The Bertz CT molecular complexity index is 398. The van der Waals surface area contributed by atoms with Gasteiger partial charge < -0.3 is 14.2 Å². The standard InChI is InChI=1S/C12H18N2O3/c1-4-13-8-6-7-10(13)12(16)14(5-2)9-11(15)17-3/h6-8H,4-5,9H2,1-3H3. The van der Waals surface area contributed by atoms with Crippen LogP contribution in [0.5, 0.6) is 0 Å². The van der Waals surface area contributed by atoms with Gasteiger partial charge in [0, 0.05) is 19.3 Å². The van der Waals surface area contributed by atoms with Gasteiger partial charge in [0.2, 0.25) is 0 Å². The van der Waals surface area contributed by atoms with Gasteiger partial charge in [-0.2, -0.15) is 0 Å². The highest BCUT2D eigenvalue weighted by molar-refractivity contribution is 5.94. The molecule has 1 aromatic heterocycles. The van der Waals surface area contributed by atoms with Crippen molar-refractivity contribution >= 4 is 11.9 Å². The van der Waals surface area contributed by atoms with Crippen LogP contribution in [0.15, 0.2) is 18.3 Å². The van der Waals surface area contributed by atoms with E-state index in [1.165, 1.54) is 12.0 Å². The monoisotopic (exact) mass is 238 g/mol. The third kappa shape index (κ3) is 3.09. The molecule has 17 heavy (non-hydrogen) atoms. The molecule has 0 unspecified atom stereocenters. The van der Waals surface area contributed by atoms with Gasteiger partial charge >= 0.3 is 5.97 Å². The maximum Gasteiger partial charge on any atom is 0.325 e. The van der Waals surface area contributed by atoms with Crippen LogP contribution in [-0.2, 0) is 16.1 Å². The smallest absolute Gasteiger partial charge is 0.325 e. The molecule has 0 spiro atoms. The zero-order valence-corrected chi connectivity index (χ0v) is 10.5. The van der Waals surface area contributed by atoms with E-state index in [0.717, 1.165) is 6.54 Å². The first kappa shape index (κ1) is 13.3. The first-order valence-corrected chi connectivity index (χ1v) is 5.65. The maximum absolute atomic E-state index is 12.2. The van der Waals surface area contributed by atoms with Crippen molar-refractivity contribution in [3.8, 4) is 0 Å². The first-order valence-electron chi connectivity index (χ1n) is 5.65. The summed E-state index contributed by atoms with van der Waals surface area (Å²) in [5.74, 6) is -0.556. The number of methoxy groups -OCH3 is 1. The van der Waals surface area contributed by atoms with E-state index < -0.39 is 5.97 Å². The number of hydrogen-bond donors (Lipinski definition) is 0. The zero-order chi connectivity index (χ0) is 12.8. The fourth-order valence-electron chi connectivity index (χ4n) is 1.59. The number of amides is 1. The summed E-state index contributed by atoms with van der Waals surface area (Å²) < 4.78 is 6.42. The molecule has 0 aliphatic rings. The number of esters is 1. The number of carbonyl (C=O) groups is 2. The summed E-state index contributed by atoms with van der Waals surface area (Å²) in [5.41, 5.74) is 0.596. The number of aryl methyl sites for hydroxylation is 1. The molecule has 0 N–H and O–H groups in total. The van der Waals surface area contributed by atoms with Gasteiger partial charge in [-0.25, -0.2) is 0 Å². The van der Waals surface area contributed by atoms with Gasteiger partial charge in [0.15, 0.2) is 0 Å². The molecule has 1 aromatic rings. The fraction of sp³-hybridized carbons (Fsp3) is 0.500. The molecule has 1 amide bonds. The Morgan fingerprint density at radius 3 is 2.65 bits per heavy atom. The summed E-state index contributed by atoms with van der Waals surface area (Å²) in [7, 11) is 1.31. The lowest BCUT2D eigenvalue weighted by molar-refractivity contribution is -0.141. The maximum atomic E-state index is 12.2. The number of carbonyl (C=O) groups excluding carboxylic acids is 2. The van der Waals surface area contributed by atoms with Gasteiger partial charge in [-0.3, -0.25) is 9.59 Å². The topological polar surface area (TPSA) is 51.5 Å². The summed E-state index contributed by atoms with van der Waals surface area (Å²) >= 11 is 0. The van der Waals surface area contributed by atoms with Crippen LogP contribution in [-0.4, -0.2) is 41.5 Å². The summed E-state index contributed by atoms with van der Waals surface area (Å²) in [4.78, 5) is 24.8. The van der Waals surface area contributed by atoms with Gasteiger partial charge in [0.05, 0.1) is 7.11 Å². The Hall–Kier alpha value is -1.78. The molecule has 0 atom stereocenters. The summed E-state index contributed by atoms with van der Waals surface area (Å²) in [6, 6.07) is 3.58. The predicted molar refractivity (Wildman–Crippen MR) is 63.7 cm³/mol. The van der Waals surface area contributed by atoms with Crippen molar-refractivity contribution in [2.75, 3.05) is 20.2 Å². The van der Waals surface area contributed by atoms with Gasteiger partial charge in [-0.15, -0.1) is 0 Å². The zero-order valence-electron chi connectivity index (χ0n) is 10.5. The van der Waals surface area contributed by atoms with Crippen LogP contribution in [0, 0.1) is 0 Å². The van der Waals surface area contributed by atoms with E-state index in [0.29, 0.717) is 12.2 Å². The second-order valence-corrected chi connectivity index (χ2v) is 3.57. The molecule has 1 rings (SSSR count). The third-order valence-electron chi connectivity index (χ3n) is 2.61. The van der Waals surface area contributed by atoms with E-state index in [1.54, 1.807) is 6.07 Å². The van der Waals surface area contributed by atoms with Crippen molar-refractivity contribution in [2.45, 2.75) is 20.4 Å². The molecule has 5 heteroatoms. The molecule has 0 saturated carbocycles. The molecule has 0 aliphatic heterocycles. The van der Waals surface area contributed by atoms with Crippen molar-refractivity contribution < 1.29 is 14.3 Å². The molecule has 0 fully saturated rings. The average molecular weight is 238 g/mol. The Morgan fingerprint density at radius 2 is 2.12 bits per heavy atom. The molecule has 1 heterocycles. The fourth-order valence-corrected chi connectivity index (χ4v) is 1.59. The summed E-state index contributed by atoms with van der Waals surface area (Å²) in [6.45, 7) is 4.99. The van der Waals surface area contributed by atoms with Crippen LogP contribution in [0.3, 0.4) is 0 Å². The second kappa shape index (κ2) is 6.08. The number of likely N-dealkylation sites (N-methyl/N-ethyl adjacent to an activating group) is 1. The van der Waals surface area contributed by atoms with E-state index >= 15 is 0 Å². The highest BCUT2D eigenvalue weighted by Gasteiger charge is 2.19. The van der Waals surface area contributed by atoms with Crippen LogP contribution >= 0.6 is 0 Å². The molecule has 94 valence electrons. The predicted octanol–water partition coefficient (Wildman–Crippen LogP) is 1.14. The largest absolute Gasteiger partial charge is 0.468 e. The molecule has 0 aromatic carbocycles. The number of nitrogens with zero attached hydrogens (tertiary/aromatic N) is 2. The van der Waals surface area contributed by atoms with E-state index in [4.69, 9.17) is 0 Å². The normalized spacial score (nSPS) is 10.1. The highest BCUT2D eigenvalue weighted by Crippen LogP contribution is 2.07. The number of ether oxygens (including phenoxy) is 1. The number of aromatic nitrogens is 1. The Kier molecular flexibility index (Phi) is 4.75. The van der Waals surface area contributed by atoms with Crippen LogP contribution in [0.1, 0.15) is 24.3 Å². The minimum Gasteiger partial charge on any atom is -0.468 e. The second-order valence-electron chi connectivity index (χ2n) is 3.57. The molecular formula is C12H18N2O3. The number of rotatable bonds is 5. The lowest BCUT2D eigenvalue weighted by atomic mass is 10.3. The lowest BCUT2D eigenvalue weighted by Crippen LogP contribution is -2.37. The van der Waals surface area contributed by atoms with Crippen LogP contribution in [0.2, 0.25) is 0 Å². The molecular weight excluding hydrogens is 220 g/mol. The quantitative estimate of drug-likeness (QED) is 0.723. The van der Waals surface area contributed by atoms with Crippen molar-refractivity contribution in [3.05, 3.63) is 24.0 Å². The van der Waals surface area contributed by atoms with E-state index in [2.05, 4.69) is 4.74 Å². The molecule has 0 saturated heterocycles. The van der Waals surface area contributed by atoms with E-state index in [1.807, 2.05) is 30.7 Å². The lowest BCUT2D eigenvalue weighted by Gasteiger charge is -2.20. The van der Waals surface area contributed by atoms with Gasteiger partial charge in [-0.1, -0.05) is 0 Å². The summed E-state index contributed by atoms with van der Waals surface area (Å²) in [5, 5.41) is 0. The minimum atomic E-state index is -0.408.